The number of hydrogen-bond donors (Lipinski definition) is 1. The Bertz CT molecular complexity index is 1330. The average Bonchev–Trinajstić information content (AvgIpc) is 2.90. The van der Waals surface area contributed by atoms with Gasteiger partial charge in [-0.3, -0.25) is 13.9 Å². The first-order valence-electron chi connectivity index (χ1n) is 12.4. The summed E-state index contributed by atoms with van der Waals surface area (Å²) in [4.78, 5) is 28.3. The second-order valence-electron chi connectivity index (χ2n) is 9.62. The molecule has 3 aromatic rings. The van der Waals surface area contributed by atoms with Gasteiger partial charge in [0.25, 0.3) is 10.0 Å². The molecule has 3 rings (SSSR count). The minimum atomic E-state index is -4.07. The van der Waals surface area contributed by atoms with Crippen LogP contribution in [0.4, 0.5) is 5.69 Å². The summed E-state index contributed by atoms with van der Waals surface area (Å²) in [6.07, 6.45) is 0. The molecule has 0 bridgehead atoms. The average molecular weight is 556 g/mol. The lowest BCUT2D eigenvalue weighted by molar-refractivity contribution is -0.139. The van der Waals surface area contributed by atoms with E-state index in [9.17, 15) is 18.0 Å². The van der Waals surface area contributed by atoms with Crippen molar-refractivity contribution in [2.24, 2.45) is 5.92 Å². The van der Waals surface area contributed by atoms with Crippen LogP contribution >= 0.6 is 11.6 Å². The normalized spacial score (nSPS) is 12.2. The molecule has 2 amide bonds. The fraction of sp³-hybridized carbons (Fsp3) is 0.310. The zero-order chi connectivity index (χ0) is 27.9. The van der Waals surface area contributed by atoms with Gasteiger partial charge >= 0.3 is 0 Å². The van der Waals surface area contributed by atoms with Crippen LogP contribution in [-0.2, 0) is 26.2 Å². The largest absolute Gasteiger partial charge is 0.354 e. The fourth-order valence-corrected chi connectivity index (χ4v) is 5.34. The third-order valence-corrected chi connectivity index (χ3v) is 8.09. The third kappa shape index (κ3) is 7.58. The molecule has 1 N–H and O–H groups in total. The maximum atomic E-state index is 13.8. The molecule has 9 heteroatoms. The maximum Gasteiger partial charge on any atom is 0.264 e. The topological polar surface area (TPSA) is 86.8 Å². The van der Waals surface area contributed by atoms with Gasteiger partial charge in [-0.05, 0) is 61.7 Å². The molecule has 0 fully saturated rings. The molecular formula is C29H34ClN3O4S. The number of aryl methyl sites for hydroxylation is 1. The van der Waals surface area contributed by atoms with E-state index < -0.39 is 28.5 Å². The molecule has 0 saturated heterocycles. The first-order valence-corrected chi connectivity index (χ1v) is 14.3. The minimum absolute atomic E-state index is 0.0698. The second kappa shape index (κ2) is 12.9. The number of carbonyl (C=O) groups is 2. The Balaban J connectivity index is 1.98. The number of hydrogen-bond acceptors (Lipinski definition) is 4. The van der Waals surface area contributed by atoms with Gasteiger partial charge in [0, 0.05) is 18.1 Å². The molecule has 1 atom stereocenters. The van der Waals surface area contributed by atoms with Gasteiger partial charge in [0.15, 0.2) is 0 Å². The Labute approximate surface area is 230 Å². The molecule has 0 aromatic heterocycles. The molecule has 0 saturated carbocycles. The van der Waals surface area contributed by atoms with Crippen molar-refractivity contribution >= 4 is 39.1 Å². The van der Waals surface area contributed by atoms with Crippen LogP contribution in [0.15, 0.2) is 83.8 Å². The lowest BCUT2D eigenvalue weighted by Crippen LogP contribution is -2.51. The van der Waals surface area contributed by atoms with Crippen LogP contribution in [0.3, 0.4) is 0 Å². The van der Waals surface area contributed by atoms with Crippen LogP contribution in [0.5, 0.6) is 0 Å². The van der Waals surface area contributed by atoms with E-state index in [0.29, 0.717) is 17.3 Å². The number of nitrogens with zero attached hydrogens (tertiary/aromatic N) is 2. The van der Waals surface area contributed by atoms with Crippen LogP contribution in [0.1, 0.15) is 31.9 Å². The molecule has 7 nitrogen and oxygen atoms in total. The summed E-state index contributed by atoms with van der Waals surface area (Å²) in [6.45, 7) is 7.60. The Morgan fingerprint density at radius 1 is 0.895 bits per heavy atom. The smallest absolute Gasteiger partial charge is 0.264 e. The van der Waals surface area contributed by atoms with E-state index in [2.05, 4.69) is 5.32 Å². The maximum absolute atomic E-state index is 13.8. The molecule has 202 valence electrons. The van der Waals surface area contributed by atoms with Crippen molar-refractivity contribution in [3.63, 3.8) is 0 Å². The van der Waals surface area contributed by atoms with Crippen molar-refractivity contribution in [3.05, 3.63) is 95.0 Å². The van der Waals surface area contributed by atoms with Crippen LogP contribution < -0.4 is 9.62 Å². The van der Waals surface area contributed by atoms with Crippen LogP contribution in [0.2, 0.25) is 5.02 Å². The highest BCUT2D eigenvalue weighted by molar-refractivity contribution is 7.92. The Hall–Kier alpha value is -3.36. The summed E-state index contributed by atoms with van der Waals surface area (Å²) in [5.74, 6) is -0.583. The number of amides is 2. The van der Waals surface area contributed by atoms with Gasteiger partial charge in [-0.2, -0.15) is 0 Å². The van der Waals surface area contributed by atoms with E-state index in [-0.39, 0.29) is 23.3 Å². The van der Waals surface area contributed by atoms with E-state index in [1.165, 1.54) is 17.0 Å². The first kappa shape index (κ1) is 29.2. The molecule has 0 aliphatic rings. The predicted molar refractivity (Wildman–Crippen MR) is 151 cm³/mol. The van der Waals surface area contributed by atoms with E-state index in [0.717, 1.165) is 15.4 Å². The fourth-order valence-electron chi connectivity index (χ4n) is 3.78. The van der Waals surface area contributed by atoms with Gasteiger partial charge < -0.3 is 10.2 Å². The zero-order valence-electron chi connectivity index (χ0n) is 22.1. The van der Waals surface area contributed by atoms with E-state index in [1.54, 1.807) is 73.7 Å². The Kier molecular flexibility index (Phi) is 9.94. The van der Waals surface area contributed by atoms with Gasteiger partial charge in [0.05, 0.1) is 10.6 Å². The molecule has 0 radical (unpaired) electrons. The number of halogens is 1. The van der Waals surface area contributed by atoms with Crippen molar-refractivity contribution < 1.29 is 18.0 Å². The standard InChI is InChI=1S/C29H34ClN3O4S/c1-21(2)18-31-29(35)23(4)32(19-24-12-14-25(30)15-13-24)28(34)20-33(26-16-10-22(3)11-17-26)38(36,37)27-8-6-5-7-9-27/h5-17,21,23H,18-20H2,1-4H3,(H,31,35). The highest BCUT2D eigenvalue weighted by atomic mass is 35.5. The third-order valence-electron chi connectivity index (χ3n) is 6.05. The monoisotopic (exact) mass is 555 g/mol. The van der Waals surface area contributed by atoms with Gasteiger partial charge in [0.1, 0.15) is 12.6 Å². The van der Waals surface area contributed by atoms with Crippen LogP contribution in [0.25, 0.3) is 0 Å². The zero-order valence-corrected chi connectivity index (χ0v) is 23.7. The van der Waals surface area contributed by atoms with Crippen molar-refractivity contribution in [1.29, 1.82) is 0 Å². The molecular weight excluding hydrogens is 522 g/mol. The molecule has 0 aliphatic carbocycles. The number of nitrogens with one attached hydrogen (secondary N) is 1. The van der Waals surface area contributed by atoms with Crippen LogP contribution in [-0.4, -0.2) is 44.3 Å². The Morgan fingerprint density at radius 2 is 1.50 bits per heavy atom. The highest BCUT2D eigenvalue weighted by Crippen LogP contribution is 2.25. The van der Waals surface area contributed by atoms with Crippen molar-refractivity contribution in [1.82, 2.24) is 10.2 Å². The van der Waals surface area contributed by atoms with Crippen molar-refractivity contribution in [2.75, 3.05) is 17.4 Å². The summed E-state index contributed by atoms with van der Waals surface area (Å²) in [7, 11) is -4.07. The summed E-state index contributed by atoms with van der Waals surface area (Å²) in [6, 6.07) is 21.1. The summed E-state index contributed by atoms with van der Waals surface area (Å²) >= 11 is 6.03. The van der Waals surface area contributed by atoms with Gasteiger partial charge in [0.2, 0.25) is 11.8 Å². The van der Waals surface area contributed by atoms with Gasteiger partial charge in [-0.15, -0.1) is 0 Å². The summed E-state index contributed by atoms with van der Waals surface area (Å²) in [5.41, 5.74) is 2.08. The lowest BCUT2D eigenvalue weighted by Gasteiger charge is -2.32. The van der Waals surface area contributed by atoms with E-state index in [1.807, 2.05) is 20.8 Å². The highest BCUT2D eigenvalue weighted by Gasteiger charge is 2.32. The van der Waals surface area contributed by atoms with Crippen LogP contribution in [0, 0.1) is 12.8 Å². The quantitative estimate of drug-likeness (QED) is 0.359. The van der Waals surface area contributed by atoms with Crippen molar-refractivity contribution in [3.8, 4) is 0 Å². The minimum Gasteiger partial charge on any atom is -0.354 e. The van der Waals surface area contributed by atoms with E-state index >= 15 is 0 Å². The number of anilines is 1. The van der Waals surface area contributed by atoms with Gasteiger partial charge in [-0.1, -0.05) is 73.5 Å². The van der Waals surface area contributed by atoms with Crippen molar-refractivity contribution in [2.45, 2.75) is 45.2 Å². The Morgan fingerprint density at radius 3 is 2.08 bits per heavy atom. The molecule has 0 spiro atoms. The molecule has 3 aromatic carbocycles. The molecule has 0 heterocycles. The summed E-state index contributed by atoms with van der Waals surface area (Å²) in [5, 5.41) is 3.42. The number of carbonyl (C=O) groups excluding carboxylic acids is 2. The SMILES string of the molecule is Cc1ccc(N(CC(=O)N(Cc2ccc(Cl)cc2)C(C)C(=O)NCC(C)C)S(=O)(=O)c2ccccc2)cc1. The first-order chi connectivity index (χ1) is 18.0. The number of rotatable bonds is 11. The second-order valence-corrected chi connectivity index (χ2v) is 11.9. The number of sulfonamides is 1. The summed E-state index contributed by atoms with van der Waals surface area (Å²) < 4.78 is 28.5. The molecule has 1 unspecified atom stereocenters. The predicted octanol–water partition coefficient (Wildman–Crippen LogP) is 5.03. The number of benzene rings is 3. The molecule has 38 heavy (non-hydrogen) atoms. The van der Waals surface area contributed by atoms with E-state index in [4.69, 9.17) is 11.6 Å². The lowest BCUT2D eigenvalue weighted by atomic mass is 10.1. The molecule has 0 aliphatic heterocycles. The van der Waals surface area contributed by atoms with Gasteiger partial charge in [-0.25, -0.2) is 8.42 Å².